The van der Waals surface area contributed by atoms with E-state index in [-0.39, 0.29) is 11.8 Å². The third-order valence-corrected chi connectivity index (χ3v) is 7.80. The van der Waals surface area contributed by atoms with Gasteiger partial charge in [0.1, 0.15) is 0 Å². The highest BCUT2D eigenvalue weighted by atomic mass is 32.2. The first-order valence-electron chi connectivity index (χ1n) is 11.3. The molecule has 3 aromatic rings. The monoisotopic (exact) mass is 472 g/mol. The molecule has 2 fully saturated rings. The molecule has 0 saturated carbocycles. The first-order chi connectivity index (χ1) is 15.8. The van der Waals surface area contributed by atoms with Crippen LogP contribution in [0.25, 0.3) is 22.3 Å². The number of nitrogens with zero attached hydrogens (tertiary/aromatic N) is 6. The summed E-state index contributed by atoms with van der Waals surface area (Å²) < 4.78 is 30.6. The van der Waals surface area contributed by atoms with E-state index in [0.29, 0.717) is 34.2 Å². The summed E-state index contributed by atoms with van der Waals surface area (Å²) in [6, 6.07) is 5.86. The summed E-state index contributed by atoms with van der Waals surface area (Å²) in [6.07, 6.45) is 6.60. The zero-order chi connectivity index (χ0) is 23.2. The average Bonchev–Trinajstić information content (AvgIpc) is 3.46. The van der Waals surface area contributed by atoms with Crippen molar-refractivity contribution < 1.29 is 17.7 Å². The highest BCUT2D eigenvalue weighted by Crippen LogP contribution is 2.32. The highest BCUT2D eigenvalue weighted by Gasteiger charge is 2.31. The topological polar surface area (TPSA) is 114 Å². The van der Waals surface area contributed by atoms with E-state index in [1.807, 2.05) is 11.0 Å². The number of rotatable bonds is 4. The van der Waals surface area contributed by atoms with Gasteiger partial charge in [0.15, 0.2) is 0 Å². The Morgan fingerprint density at radius 1 is 1.09 bits per heavy atom. The van der Waals surface area contributed by atoms with E-state index >= 15 is 0 Å². The molecule has 0 aliphatic carbocycles. The molecule has 2 aromatic heterocycles. The van der Waals surface area contributed by atoms with Crippen LogP contribution in [0.5, 0.6) is 0 Å². The van der Waals surface area contributed by atoms with Gasteiger partial charge in [0, 0.05) is 42.9 Å². The van der Waals surface area contributed by atoms with Crippen LogP contribution in [0.15, 0.2) is 28.9 Å². The SMILES string of the molecule is CC(=O)N1CCC(N2CCC(c3nc(-c4cccc5c4cnn5S(C)(=O)=O)no3)CC2)CC1. The van der Waals surface area contributed by atoms with Crippen molar-refractivity contribution in [3.8, 4) is 11.4 Å². The summed E-state index contributed by atoms with van der Waals surface area (Å²) in [5, 5.41) is 8.89. The fourth-order valence-corrected chi connectivity index (χ4v) is 5.79. The molecule has 176 valence electrons. The maximum absolute atomic E-state index is 12.0. The van der Waals surface area contributed by atoms with Crippen LogP contribution >= 0.6 is 0 Å². The molecule has 4 heterocycles. The Morgan fingerprint density at radius 2 is 1.82 bits per heavy atom. The van der Waals surface area contributed by atoms with Crippen molar-refractivity contribution in [1.82, 2.24) is 29.1 Å². The summed E-state index contributed by atoms with van der Waals surface area (Å²) in [5.74, 6) is 1.45. The molecular formula is C22H28N6O4S. The van der Waals surface area contributed by atoms with Crippen LogP contribution in [-0.4, -0.2) is 81.9 Å². The van der Waals surface area contributed by atoms with Gasteiger partial charge in [-0.05, 0) is 44.8 Å². The maximum atomic E-state index is 12.0. The van der Waals surface area contributed by atoms with Gasteiger partial charge < -0.3 is 14.3 Å². The van der Waals surface area contributed by atoms with E-state index in [9.17, 15) is 13.2 Å². The van der Waals surface area contributed by atoms with Gasteiger partial charge in [-0.1, -0.05) is 17.3 Å². The maximum Gasteiger partial charge on any atom is 0.251 e. The Labute approximate surface area is 192 Å². The molecule has 0 bridgehead atoms. The van der Waals surface area contributed by atoms with Gasteiger partial charge in [0.2, 0.25) is 17.6 Å². The van der Waals surface area contributed by atoms with Crippen LogP contribution in [0, 0.1) is 0 Å². The van der Waals surface area contributed by atoms with Crippen LogP contribution in [0.2, 0.25) is 0 Å². The molecule has 11 heteroatoms. The lowest BCUT2D eigenvalue weighted by molar-refractivity contribution is -0.130. The van der Waals surface area contributed by atoms with E-state index in [1.165, 1.54) is 6.20 Å². The standard InChI is InChI=1S/C22H28N6O4S/c1-15(29)26-12-8-17(9-13-26)27-10-6-16(7-11-27)22-24-21(25-32-22)18-4-3-5-20-19(18)14-23-28(20)33(2,30)31/h3-5,14,16-17H,6-13H2,1-2H3. The van der Waals surface area contributed by atoms with Gasteiger partial charge in [-0.25, -0.2) is 8.42 Å². The van der Waals surface area contributed by atoms with Crippen molar-refractivity contribution >= 4 is 26.8 Å². The molecule has 2 aliphatic heterocycles. The minimum Gasteiger partial charge on any atom is -0.343 e. The van der Waals surface area contributed by atoms with E-state index in [1.54, 1.807) is 19.1 Å². The molecular weight excluding hydrogens is 444 g/mol. The Morgan fingerprint density at radius 3 is 2.48 bits per heavy atom. The molecule has 1 aromatic carbocycles. The number of hydrogen-bond donors (Lipinski definition) is 0. The lowest BCUT2D eigenvalue weighted by Gasteiger charge is -2.41. The third-order valence-electron chi connectivity index (χ3n) is 6.88. The summed E-state index contributed by atoms with van der Waals surface area (Å²) in [7, 11) is -3.50. The van der Waals surface area contributed by atoms with E-state index in [4.69, 9.17) is 4.52 Å². The molecule has 2 saturated heterocycles. The average molecular weight is 473 g/mol. The van der Waals surface area contributed by atoms with Crippen molar-refractivity contribution in [3.05, 3.63) is 30.3 Å². The van der Waals surface area contributed by atoms with E-state index in [0.717, 1.165) is 62.2 Å². The van der Waals surface area contributed by atoms with Crippen LogP contribution in [0.4, 0.5) is 0 Å². The summed E-state index contributed by atoms with van der Waals surface area (Å²) in [6.45, 7) is 5.28. The number of hydrogen-bond acceptors (Lipinski definition) is 8. The molecule has 0 atom stereocenters. The van der Waals surface area contributed by atoms with Gasteiger partial charge in [-0.3, -0.25) is 4.79 Å². The van der Waals surface area contributed by atoms with Crippen molar-refractivity contribution in [3.63, 3.8) is 0 Å². The number of fused-ring (bicyclic) bond motifs is 1. The van der Waals surface area contributed by atoms with Crippen LogP contribution < -0.4 is 0 Å². The minimum atomic E-state index is -3.50. The zero-order valence-corrected chi connectivity index (χ0v) is 19.7. The lowest BCUT2D eigenvalue weighted by Crippen LogP contribution is -2.48. The predicted octanol–water partition coefficient (Wildman–Crippen LogP) is 2.08. The number of carbonyl (C=O) groups excluding carboxylic acids is 1. The number of aromatic nitrogens is 4. The summed E-state index contributed by atoms with van der Waals surface area (Å²) in [4.78, 5) is 20.7. The highest BCUT2D eigenvalue weighted by molar-refractivity contribution is 7.89. The number of carbonyl (C=O) groups is 1. The second-order valence-electron chi connectivity index (χ2n) is 8.99. The first kappa shape index (κ1) is 22.0. The summed E-state index contributed by atoms with van der Waals surface area (Å²) in [5.41, 5.74) is 1.19. The lowest BCUT2D eigenvalue weighted by atomic mass is 9.93. The van der Waals surface area contributed by atoms with Gasteiger partial charge in [0.05, 0.1) is 18.0 Å². The van der Waals surface area contributed by atoms with E-state index in [2.05, 4.69) is 20.1 Å². The van der Waals surface area contributed by atoms with Gasteiger partial charge in [0.25, 0.3) is 10.0 Å². The van der Waals surface area contributed by atoms with Gasteiger partial charge in [-0.2, -0.15) is 14.2 Å². The van der Waals surface area contributed by atoms with Crippen LogP contribution in [0.3, 0.4) is 0 Å². The normalized spacial score (nSPS) is 19.4. The Balaban J connectivity index is 1.27. The largest absolute Gasteiger partial charge is 0.343 e. The molecule has 33 heavy (non-hydrogen) atoms. The first-order valence-corrected chi connectivity index (χ1v) is 13.2. The molecule has 10 nitrogen and oxygen atoms in total. The number of benzene rings is 1. The molecule has 0 N–H and O–H groups in total. The Kier molecular flexibility index (Phi) is 5.69. The number of amides is 1. The van der Waals surface area contributed by atoms with Crippen molar-refractivity contribution in [2.75, 3.05) is 32.4 Å². The number of piperidine rings is 2. The van der Waals surface area contributed by atoms with Crippen LogP contribution in [-0.2, 0) is 14.8 Å². The zero-order valence-electron chi connectivity index (χ0n) is 18.8. The molecule has 0 radical (unpaired) electrons. The van der Waals surface area contributed by atoms with Crippen molar-refractivity contribution in [2.24, 2.45) is 0 Å². The Hall–Kier alpha value is -2.79. The van der Waals surface area contributed by atoms with Gasteiger partial charge in [-0.15, -0.1) is 0 Å². The van der Waals surface area contributed by atoms with Crippen LogP contribution in [0.1, 0.15) is 44.4 Å². The molecule has 0 unspecified atom stereocenters. The van der Waals surface area contributed by atoms with Crippen molar-refractivity contribution in [1.29, 1.82) is 0 Å². The van der Waals surface area contributed by atoms with Crippen molar-refractivity contribution in [2.45, 2.75) is 44.6 Å². The number of likely N-dealkylation sites (tertiary alicyclic amines) is 2. The fraction of sp³-hybridized carbons (Fsp3) is 0.545. The molecule has 5 rings (SSSR count). The second kappa shape index (κ2) is 8.53. The fourth-order valence-electron chi connectivity index (χ4n) is 5.06. The van der Waals surface area contributed by atoms with Gasteiger partial charge >= 0.3 is 0 Å². The van der Waals surface area contributed by atoms with E-state index < -0.39 is 10.0 Å². The molecule has 0 spiro atoms. The summed E-state index contributed by atoms with van der Waals surface area (Å²) >= 11 is 0. The quantitative estimate of drug-likeness (QED) is 0.567. The smallest absolute Gasteiger partial charge is 0.251 e. The minimum absolute atomic E-state index is 0.165. The predicted molar refractivity (Wildman–Crippen MR) is 122 cm³/mol. The molecule has 2 aliphatic rings. The molecule has 1 amide bonds. The third kappa shape index (κ3) is 4.26. The Bertz CT molecular complexity index is 1270. The second-order valence-corrected chi connectivity index (χ2v) is 10.8.